The summed E-state index contributed by atoms with van der Waals surface area (Å²) in [4.78, 5) is 8.76. The van der Waals surface area contributed by atoms with Crippen LogP contribution >= 0.6 is 15.9 Å². The van der Waals surface area contributed by atoms with Crippen molar-refractivity contribution in [1.29, 1.82) is 0 Å². The lowest BCUT2D eigenvalue weighted by Gasteiger charge is -2.05. The van der Waals surface area contributed by atoms with Crippen molar-refractivity contribution >= 4 is 21.7 Å². The number of furan rings is 1. The van der Waals surface area contributed by atoms with Gasteiger partial charge < -0.3 is 9.73 Å². The van der Waals surface area contributed by atoms with E-state index >= 15 is 0 Å². The molecule has 0 amide bonds. The first-order chi connectivity index (χ1) is 7.74. The van der Waals surface area contributed by atoms with Crippen LogP contribution in [0, 0.1) is 0 Å². The topological polar surface area (TPSA) is 51.0 Å². The van der Waals surface area contributed by atoms with Crippen molar-refractivity contribution in [3.05, 3.63) is 28.7 Å². The SMILES string of the molecule is CCc1nc(NC)cc(-c2occc2Br)n1. The average Bonchev–Trinajstić information content (AvgIpc) is 2.74. The Morgan fingerprint density at radius 2 is 2.25 bits per heavy atom. The van der Waals surface area contributed by atoms with E-state index in [1.165, 1.54) is 0 Å². The predicted molar refractivity (Wildman–Crippen MR) is 66.4 cm³/mol. The molecular weight excluding hydrogens is 270 g/mol. The minimum absolute atomic E-state index is 0.730. The quantitative estimate of drug-likeness (QED) is 0.939. The molecular formula is C11H12BrN3O. The number of aryl methyl sites for hydroxylation is 1. The van der Waals surface area contributed by atoms with E-state index in [1.807, 2.05) is 26.1 Å². The molecule has 0 aliphatic heterocycles. The summed E-state index contributed by atoms with van der Waals surface area (Å²) in [5, 5.41) is 3.02. The highest BCUT2D eigenvalue weighted by atomic mass is 79.9. The average molecular weight is 282 g/mol. The van der Waals surface area contributed by atoms with Gasteiger partial charge in [0, 0.05) is 19.5 Å². The zero-order valence-electron chi connectivity index (χ0n) is 9.12. The number of anilines is 1. The van der Waals surface area contributed by atoms with Gasteiger partial charge in [0.15, 0.2) is 5.76 Å². The molecule has 0 radical (unpaired) electrons. The van der Waals surface area contributed by atoms with Crippen molar-refractivity contribution in [1.82, 2.24) is 9.97 Å². The minimum Gasteiger partial charge on any atom is -0.461 e. The van der Waals surface area contributed by atoms with Crippen LogP contribution in [0.2, 0.25) is 0 Å². The molecule has 84 valence electrons. The van der Waals surface area contributed by atoms with Gasteiger partial charge in [-0.05, 0) is 22.0 Å². The molecule has 2 aromatic heterocycles. The van der Waals surface area contributed by atoms with Crippen molar-refractivity contribution < 1.29 is 4.42 Å². The van der Waals surface area contributed by atoms with E-state index in [-0.39, 0.29) is 0 Å². The largest absolute Gasteiger partial charge is 0.461 e. The number of hydrogen-bond acceptors (Lipinski definition) is 4. The zero-order chi connectivity index (χ0) is 11.5. The van der Waals surface area contributed by atoms with Gasteiger partial charge in [0.1, 0.15) is 17.3 Å². The Kier molecular flexibility index (Phi) is 3.24. The van der Waals surface area contributed by atoms with E-state index in [0.717, 1.165) is 34.0 Å². The smallest absolute Gasteiger partial charge is 0.166 e. The van der Waals surface area contributed by atoms with Gasteiger partial charge in [0.2, 0.25) is 0 Å². The molecule has 0 aliphatic rings. The second-order valence-electron chi connectivity index (χ2n) is 3.26. The van der Waals surface area contributed by atoms with Crippen molar-refractivity contribution in [3.8, 4) is 11.5 Å². The Hall–Kier alpha value is -1.36. The van der Waals surface area contributed by atoms with Crippen LogP contribution in [0.25, 0.3) is 11.5 Å². The molecule has 2 heterocycles. The van der Waals surface area contributed by atoms with Crippen LogP contribution in [-0.4, -0.2) is 17.0 Å². The van der Waals surface area contributed by atoms with Gasteiger partial charge in [-0.1, -0.05) is 6.92 Å². The Morgan fingerprint density at radius 1 is 1.44 bits per heavy atom. The summed E-state index contributed by atoms with van der Waals surface area (Å²) in [5.74, 6) is 2.32. The first-order valence-electron chi connectivity index (χ1n) is 5.03. The summed E-state index contributed by atoms with van der Waals surface area (Å²) >= 11 is 3.42. The molecule has 1 N–H and O–H groups in total. The van der Waals surface area contributed by atoms with Crippen molar-refractivity contribution in [3.63, 3.8) is 0 Å². The molecule has 2 aromatic rings. The summed E-state index contributed by atoms with van der Waals surface area (Å²) in [5.41, 5.74) is 0.785. The van der Waals surface area contributed by atoms with Crippen LogP contribution in [0.5, 0.6) is 0 Å². The maximum atomic E-state index is 5.38. The zero-order valence-corrected chi connectivity index (χ0v) is 10.7. The van der Waals surface area contributed by atoms with Crippen molar-refractivity contribution in [2.45, 2.75) is 13.3 Å². The molecule has 0 saturated carbocycles. The fraction of sp³-hybridized carbons (Fsp3) is 0.273. The van der Waals surface area contributed by atoms with Gasteiger partial charge in [-0.25, -0.2) is 9.97 Å². The number of aromatic nitrogens is 2. The normalized spacial score (nSPS) is 10.4. The first-order valence-corrected chi connectivity index (χ1v) is 5.83. The first kappa shape index (κ1) is 11.1. The van der Waals surface area contributed by atoms with Crippen molar-refractivity contribution in [2.24, 2.45) is 0 Å². The molecule has 0 atom stereocenters. The standard InChI is InChI=1S/C11H12BrN3O/c1-3-9-14-8(6-10(13-2)15-9)11-7(12)4-5-16-11/h4-6H,3H2,1-2H3,(H,13,14,15). The third-order valence-corrected chi connectivity index (χ3v) is 2.82. The van der Waals surface area contributed by atoms with Gasteiger partial charge in [-0.2, -0.15) is 0 Å². The molecule has 5 heteroatoms. The van der Waals surface area contributed by atoms with Crippen LogP contribution < -0.4 is 5.32 Å². The monoisotopic (exact) mass is 281 g/mol. The van der Waals surface area contributed by atoms with Gasteiger partial charge >= 0.3 is 0 Å². The molecule has 0 unspecified atom stereocenters. The summed E-state index contributed by atoms with van der Waals surface area (Å²) < 4.78 is 6.28. The second kappa shape index (κ2) is 4.65. The number of hydrogen-bond donors (Lipinski definition) is 1. The lowest BCUT2D eigenvalue weighted by molar-refractivity contribution is 0.578. The molecule has 4 nitrogen and oxygen atoms in total. The maximum absolute atomic E-state index is 5.38. The predicted octanol–water partition coefficient (Wildman–Crippen LogP) is 3.10. The summed E-state index contributed by atoms with van der Waals surface area (Å²) in [6.07, 6.45) is 2.42. The molecule has 0 fully saturated rings. The Bertz CT molecular complexity index is 473. The van der Waals surface area contributed by atoms with Crippen LogP contribution in [0.3, 0.4) is 0 Å². The van der Waals surface area contributed by atoms with E-state index in [2.05, 4.69) is 31.2 Å². The molecule has 0 spiro atoms. The summed E-state index contributed by atoms with van der Waals surface area (Å²) in [6, 6.07) is 3.71. The molecule has 2 rings (SSSR count). The van der Waals surface area contributed by atoms with E-state index < -0.39 is 0 Å². The van der Waals surface area contributed by atoms with Crippen LogP contribution in [0.1, 0.15) is 12.7 Å². The van der Waals surface area contributed by atoms with Crippen LogP contribution in [-0.2, 0) is 6.42 Å². The van der Waals surface area contributed by atoms with E-state index in [1.54, 1.807) is 6.26 Å². The van der Waals surface area contributed by atoms with Gasteiger partial charge in [-0.15, -0.1) is 0 Å². The van der Waals surface area contributed by atoms with Gasteiger partial charge in [-0.3, -0.25) is 0 Å². The number of halogens is 1. The fourth-order valence-corrected chi connectivity index (χ4v) is 1.78. The third-order valence-electron chi connectivity index (χ3n) is 2.19. The molecule has 0 saturated heterocycles. The van der Waals surface area contributed by atoms with Crippen LogP contribution in [0.4, 0.5) is 5.82 Å². The highest BCUT2D eigenvalue weighted by Gasteiger charge is 2.11. The molecule has 16 heavy (non-hydrogen) atoms. The fourth-order valence-electron chi connectivity index (χ4n) is 1.38. The maximum Gasteiger partial charge on any atom is 0.166 e. The highest BCUT2D eigenvalue weighted by molar-refractivity contribution is 9.10. The number of rotatable bonds is 3. The second-order valence-corrected chi connectivity index (χ2v) is 4.11. The third kappa shape index (κ3) is 2.09. The van der Waals surface area contributed by atoms with E-state index in [0.29, 0.717) is 0 Å². The Morgan fingerprint density at radius 3 is 2.81 bits per heavy atom. The van der Waals surface area contributed by atoms with E-state index in [4.69, 9.17) is 4.42 Å². The van der Waals surface area contributed by atoms with Crippen molar-refractivity contribution in [2.75, 3.05) is 12.4 Å². The minimum atomic E-state index is 0.730. The highest BCUT2D eigenvalue weighted by Crippen LogP contribution is 2.28. The Labute approximate surface area is 102 Å². The van der Waals surface area contributed by atoms with Gasteiger partial charge in [0.05, 0.1) is 10.7 Å². The number of nitrogens with one attached hydrogen (secondary N) is 1. The van der Waals surface area contributed by atoms with E-state index in [9.17, 15) is 0 Å². The summed E-state index contributed by atoms with van der Waals surface area (Å²) in [6.45, 7) is 2.02. The molecule has 0 aromatic carbocycles. The number of nitrogens with zero attached hydrogens (tertiary/aromatic N) is 2. The van der Waals surface area contributed by atoms with Crippen LogP contribution in [0.15, 0.2) is 27.3 Å². The lowest BCUT2D eigenvalue weighted by Crippen LogP contribution is -2.00. The van der Waals surface area contributed by atoms with Gasteiger partial charge in [0.25, 0.3) is 0 Å². The lowest BCUT2D eigenvalue weighted by atomic mass is 10.3. The molecule has 0 bridgehead atoms. The Balaban J connectivity index is 2.52. The summed E-state index contributed by atoms with van der Waals surface area (Å²) in [7, 11) is 1.84. The molecule has 0 aliphatic carbocycles.